The number of halogens is 4. The average molecular weight is 220 g/mol. The molecule has 0 saturated heterocycles. The van der Waals surface area contributed by atoms with E-state index < -0.39 is 18.6 Å². The monoisotopic (exact) mass is 220 g/mol. The van der Waals surface area contributed by atoms with E-state index in [0.29, 0.717) is 5.56 Å². The molecule has 0 heterocycles. The van der Waals surface area contributed by atoms with E-state index in [0.717, 1.165) is 6.26 Å². The van der Waals surface area contributed by atoms with E-state index in [1.54, 1.807) is 6.07 Å². The van der Waals surface area contributed by atoms with Crippen LogP contribution in [-0.2, 0) is 4.74 Å². The molecule has 0 amide bonds. The Kier molecular flexibility index (Phi) is 3.71. The van der Waals surface area contributed by atoms with Gasteiger partial charge in [0.15, 0.2) is 6.61 Å². The Bertz CT molecular complexity index is 344. The summed E-state index contributed by atoms with van der Waals surface area (Å²) >= 11 is 0. The van der Waals surface area contributed by atoms with Crippen molar-refractivity contribution in [1.29, 1.82) is 0 Å². The Morgan fingerprint density at radius 3 is 2.60 bits per heavy atom. The minimum absolute atomic E-state index is 0.442. The van der Waals surface area contributed by atoms with Crippen molar-refractivity contribution in [2.24, 2.45) is 0 Å². The first kappa shape index (κ1) is 11.6. The van der Waals surface area contributed by atoms with Crippen molar-refractivity contribution in [2.45, 2.75) is 6.18 Å². The van der Waals surface area contributed by atoms with Crippen molar-refractivity contribution >= 4 is 6.08 Å². The lowest BCUT2D eigenvalue weighted by atomic mass is 10.2. The van der Waals surface area contributed by atoms with Crippen LogP contribution in [0.1, 0.15) is 5.56 Å². The molecular weight excluding hydrogens is 212 g/mol. The molecule has 0 N–H and O–H groups in total. The minimum Gasteiger partial charge on any atom is -0.492 e. The molecule has 0 aliphatic carbocycles. The van der Waals surface area contributed by atoms with Gasteiger partial charge >= 0.3 is 6.18 Å². The van der Waals surface area contributed by atoms with E-state index in [-0.39, 0.29) is 0 Å². The molecule has 5 heteroatoms. The number of alkyl halides is 3. The van der Waals surface area contributed by atoms with Crippen LogP contribution in [0.15, 0.2) is 30.5 Å². The van der Waals surface area contributed by atoms with E-state index in [4.69, 9.17) is 0 Å². The second-order valence-corrected chi connectivity index (χ2v) is 2.78. The van der Waals surface area contributed by atoms with E-state index >= 15 is 0 Å². The summed E-state index contributed by atoms with van der Waals surface area (Å²) in [6.07, 6.45) is -2.20. The Balaban J connectivity index is 2.45. The molecule has 0 aromatic heterocycles. The zero-order valence-corrected chi connectivity index (χ0v) is 7.59. The number of ether oxygens (including phenoxy) is 1. The third kappa shape index (κ3) is 5.05. The third-order valence-electron chi connectivity index (χ3n) is 1.45. The van der Waals surface area contributed by atoms with Crippen LogP contribution in [0.2, 0.25) is 0 Å². The maximum atomic E-state index is 12.6. The Morgan fingerprint density at radius 2 is 2.00 bits per heavy atom. The van der Waals surface area contributed by atoms with Crippen molar-refractivity contribution in [2.75, 3.05) is 6.61 Å². The molecular formula is C10H8F4O. The van der Waals surface area contributed by atoms with Crippen molar-refractivity contribution in [3.63, 3.8) is 0 Å². The molecule has 1 rings (SSSR count). The first-order chi connectivity index (χ1) is 6.97. The fraction of sp³-hybridized carbons (Fsp3) is 0.200. The molecule has 0 fully saturated rings. The molecule has 0 saturated carbocycles. The number of hydrogen-bond acceptors (Lipinski definition) is 1. The summed E-state index contributed by atoms with van der Waals surface area (Å²) in [4.78, 5) is 0. The molecule has 1 nitrogen and oxygen atoms in total. The predicted octanol–water partition coefficient (Wildman–Crippen LogP) is 3.38. The first-order valence-electron chi connectivity index (χ1n) is 4.08. The van der Waals surface area contributed by atoms with E-state index in [2.05, 4.69) is 4.74 Å². The Morgan fingerprint density at radius 1 is 1.27 bits per heavy atom. The van der Waals surface area contributed by atoms with Gasteiger partial charge in [0.25, 0.3) is 0 Å². The molecule has 0 aliphatic rings. The van der Waals surface area contributed by atoms with Gasteiger partial charge in [-0.05, 0) is 23.8 Å². The number of hydrogen-bond donors (Lipinski definition) is 0. The SMILES string of the molecule is Fc1cccc(/C=C/OCC(F)(F)F)c1. The summed E-state index contributed by atoms with van der Waals surface area (Å²) < 4.78 is 51.7. The largest absolute Gasteiger partial charge is 0.492 e. The van der Waals surface area contributed by atoms with Gasteiger partial charge in [-0.15, -0.1) is 0 Å². The van der Waals surface area contributed by atoms with E-state index in [1.807, 2.05) is 0 Å². The summed E-state index contributed by atoms with van der Waals surface area (Å²) in [6, 6.07) is 5.44. The summed E-state index contributed by atoms with van der Waals surface area (Å²) in [6.45, 7) is -1.35. The Labute approximate surface area is 84.0 Å². The third-order valence-corrected chi connectivity index (χ3v) is 1.45. The quantitative estimate of drug-likeness (QED) is 0.560. The van der Waals surface area contributed by atoms with E-state index in [9.17, 15) is 17.6 Å². The van der Waals surface area contributed by atoms with Gasteiger partial charge in [-0.1, -0.05) is 12.1 Å². The van der Waals surface area contributed by atoms with Gasteiger partial charge in [0.1, 0.15) is 5.82 Å². The number of rotatable bonds is 3. The van der Waals surface area contributed by atoms with Gasteiger partial charge in [0.05, 0.1) is 6.26 Å². The standard InChI is InChI=1S/C10H8F4O/c11-9-3-1-2-8(6-9)4-5-15-7-10(12,13)14/h1-6H,7H2/b5-4+. The molecule has 0 unspecified atom stereocenters. The van der Waals surface area contributed by atoms with Crippen LogP contribution in [0.5, 0.6) is 0 Å². The van der Waals surface area contributed by atoms with Gasteiger partial charge in [-0.25, -0.2) is 4.39 Å². The van der Waals surface area contributed by atoms with Crippen molar-refractivity contribution < 1.29 is 22.3 Å². The van der Waals surface area contributed by atoms with Gasteiger partial charge in [-0.2, -0.15) is 13.2 Å². The molecule has 0 aliphatic heterocycles. The summed E-state index contributed by atoms with van der Waals surface area (Å²) in [5, 5.41) is 0. The lowest BCUT2D eigenvalue weighted by Gasteiger charge is -2.04. The zero-order chi connectivity index (χ0) is 11.3. The predicted molar refractivity (Wildman–Crippen MR) is 47.4 cm³/mol. The van der Waals surface area contributed by atoms with Crippen molar-refractivity contribution in [1.82, 2.24) is 0 Å². The van der Waals surface area contributed by atoms with Crippen molar-refractivity contribution in [3.05, 3.63) is 41.9 Å². The Hall–Kier alpha value is -1.52. The molecule has 0 spiro atoms. The highest BCUT2D eigenvalue weighted by molar-refractivity contribution is 5.47. The van der Waals surface area contributed by atoms with Crippen LogP contribution in [0.4, 0.5) is 17.6 Å². The lowest BCUT2D eigenvalue weighted by molar-refractivity contribution is -0.161. The minimum atomic E-state index is -4.35. The second-order valence-electron chi connectivity index (χ2n) is 2.78. The normalized spacial score (nSPS) is 12.0. The van der Waals surface area contributed by atoms with Gasteiger partial charge in [0.2, 0.25) is 0 Å². The molecule has 1 aromatic carbocycles. The highest BCUT2D eigenvalue weighted by Gasteiger charge is 2.27. The van der Waals surface area contributed by atoms with Gasteiger partial charge in [-0.3, -0.25) is 0 Å². The summed E-state index contributed by atoms with van der Waals surface area (Å²) in [5.74, 6) is -0.451. The zero-order valence-electron chi connectivity index (χ0n) is 7.59. The lowest BCUT2D eigenvalue weighted by Crippen LogP contribution is -2.14. The average Bonchev–Trinajstić information content (AvgIpc) is 2.11. The van der Waals surface area contributed by atoms with E-state index in [1.165, 1.54) is 24.3 Å². The molecule has 0 atom stereocenters. The van der Waals surface area contributed by atoms with Gasteiger partial charge in [0, 0.05) is 0 Å². The fourth-order valence-electron chi connectivity index (χ4n) is 0.880. The highest BCUT2D eigenvalue weighted by atomic mass is 19.4. The van der Waals surface area contributed by atoms with Gasteiger partial charge < -0.3 is 4.74 Å². The second kappa shape index (κ2) is 4.82. The number of benzene rings is 1. The first-order valence-corrected chi connectivity index (χ1v) is 4.08. The summed E-state index contributed by atoms with van der Waals surface area (Å²) in [7, 11) is 0. The van der Waals surface area contributed by atoms with Crippen LogP contribution in [0, 0.1) is 5.82 Å². The van der Waals surface area contributed by atoms with Crippen LogP contribution < -0.4 is 0 Å². The molecule has 0 bridgehead atoms. The maximum absolute atomic E-state index is 12.6. The van der Waals surface area contributed by atoms with Crippen LogP contribution >= 0.6 is 0 Å². The topological polar surface area (TPSA) is 9.23 Å². The molecule has 15 heavy (non-hydrogen) atoms. The molecule has 0 radical (unpaired) electrons. The van der Waals surface area contributed by atoms with Crippen LogP contribution in [0.3, 0.4) is 0 Å². The molecule has 82 valence electrons. The highest BCUT2D eigenvalue weighted by Crippen LogP contribution is 2.14. The maximum Gasteiger partial charge on any atom is 0.422 e. The van der Waals surface area contributed by atoms with Crippen LogP contribution in [-0.4, -0.2) is 12.8 Å². The van der Waals surface area contributed by atoms with Crippen molar-refractivity contribution in [3.8, 4) is 0 Å². The molecule has 1 aromatic rings. The smallest absolute Gasteiger partial charge is 0.422 e. The van der Waals surface area contributed by atoms with Crippen LogP contribution in [0.25, 0.3) is 6.08 Å². The fourth-order valence-corrected chi connectivity index (χ4v) is 0.880. The summed E-state index contributed by atoms with van der Waals surface area (Å²) in [5.41, 5.74) is 0.442.